The van der Waals surface area contributed by atoms with Crippen LogP contribution in [0.3, 0.4) is 0 Å². The number of aromatic nitrogens is 3. The Morgan fingerprint density at radius 2 is 1.62 bits per heavy atom. The van der Waals surface area contributed by atoms with Crippen LogP contribution in [0.5, 0.6) is 17.2 Å². The highest BCUT2D eigenvalue weighted by atomic mass is 19.4. The van der Waals surface area contributed by atoms with E-state index >= 15 is 0 Å². The molecule has 7 nitrogen and oxygen atoms in total. The van der Waals surface area contributed by atoms with Gasteiger partial charge in [0.25, 0.3) is 0 Å². The zero-order chi connectivity index (χ0) is 27.5. The standard InChI is InChI=1S/C26H19F6N5O2/c1-12-16-9-14(38-15-6-7-33-19(10-15)23-34-11-21(37-23)26(30,31)32)3-5-20(16)39-22(12)24-35-17-4-2-13(25(27,28)29)8-18(17)36-24/h2-12,22,24,35-36H,1H3,(H,34,37). The number of aromatic amines is 1. The molecule has 2 aliphatic heterocycles. The van der Waals surface area contributed by atoms with Gasteiger partial charge in [0.1, 0.15) is 40.9 Å². The number of fused-ring (bicyclic) bond motifs is 2. The van der Waals surface area contributed by atoms with Gasteiger partial charge in [0.05, 0.1) is 23.1 Å². The molecule has 0 saturated heterocycles. The van der Waals surface area contributed by atoms with Crippen molar-refractivity contribution in [3.8, 4) is 28.8 Å². The second-order valence-electron chi connectivity index (χ2n) is 9.22. The number of imidazole rings is 1. The number of ether oxygens (including phenoxy) is 2. The van der Waals surface area contributed by atoms with Gasteiger partial charge in [0.15, 0.2) is 5.82 Å². The predicted molar refractivity (Wildman–Crippen MR) is 129 cm³/mol. The van der Waals surface area contributed by atoms with Gasteiger partial charge >= 0.3 is 12.4 Å². The Morgan fingerprint density at radius 3 is 2.36 bits per heavy atom. The maximum Gasteiger partial charge on any atom is 0.432 e. The van der Waals surface area contributed by atoms with Gasteiger partial charge in [0.2, 0.25) is 0 Å². The van der Waals surface area contributed by atoms with Crippen LogP contribution >= 0.6 is 0 Å². The van der Waals surface area contributed by atoms with Crippen molar-refractivity contribution in [3.63, 3.8) is 0 Å². The minimum Gasteiger partial charge on any atom is -0.485 e. The monoisotopic (exact) mass is 547 g/mol. The van der Waals surface area contributed by atoms with Gasteiger partial charge in [-0.25, -0.2) is 4.98 Å². The molecular formula is C26H19F6N5O2. The summed E-state index contributed by atoms with van der Waals surface area (Å²) in [5.74, 6) is 1.21. The van der Waals surface area contributed by atoms with E-state index in [2.05, 4.69) is 25.6 Å². The molecule has 202 valence electrons. The number of pyridine rings is 1. The first kappa shape index (κ1) is 24.9. The average Bonchev–Trinajstić information content (AvgIpc) is 3.60. The predicted octanol–water partition coefficient (Wildman–Crippen LogP) is 7.03. The lowest BCUT2D eigenvalue weighted by Crippen LogP contribution is -2.40. The maximum atomic E-state index is 13.1. The van der Waals surface area contributed by atoms with Gasteiger partial charge in [-0.15, -0.1) is 0 Å². The van der Waals surface area contributed by atoms with Crippen molar-refractivity contribution < 1.29 is 35.8 Å². The average molecular weight is 547 g/mol. The molecule has 39 heavy (non-hydrogen) atoms. The molecule has 3 atom stereocenters. The summed E-state index contributed by atoms with van der Waals surface area (Å²) in [6, 6.07) is 11.7. The topological polar surface area (TPSA) is 84.1 Å². The van der Waals surface area contributed by atoms with Gasteiger partial charge in [-0.3, -0.25) is 4.98 Å². The first-order valence-corrected chi connectivity index (χ1v) is 11.8. The van der Waals surface area contributed by atoms with Crippen LogP contribution in [-0.2, 0) is 12.4 Å². The summed E-state index contributed by atoms with van der Waals surface area (Å²) in [4.78, 5) is 10.0. The molecule has 0 radical (unpaired) electrons. The van der Waals surface area contributed by atoms with E-state index in [1.807, 2.05) is 6.92 Å². The van der Waals surface area contributed by atoms with Crippen molar-refractivity contribution in [3.05, 3.63) is 77.7 Å². The lowest BCUT2D eigenvalue weighted by Gasteiger charge is -2.23. The third-order valence-corrected chi connectivity index (χ3v) is 6.62. The smallest absolute Gasteiger partial charge is 0.432 e. The number of anilines is 2. The molecule has 0 bridgehead atoms. The molecule has 0 aliphatic carbocycles. The number of nitrogens with one attached hydrogen (secondary N) is 3. The number of H-pyrrole nitrogens is 1. The first-order valence-electron chi connectivity index (χ1n) is 11.8. The number of nitrogens with zero attached hydrogens (tertiary/aromatic N) is 2. The second-order valence-corrected chi connectivity index (χ2v) is 9.22. The van der Waals surface area contributed by atoms with Crippen molar-refractivity contribution in [1.29, 1.82) is 0 Å². The highest BCUT2D eigenvalue weighted by Gasteiger charge is 2.41. The Hall–Kier alpha value is -4.42. The quantitative estimate of drug-likeness (QED) is 0.238. The normalized spacial score (nSPS) is 20.0. The van der Waals surface area contributed by atoms with Crippen LogP contribution in [0.1, 0.15) is 29.7 Å². The summed E-state index contributed by atoms with van der Waals surface area (Å²) in [6.07, 6.45) is -7.80. The van der Waals surface area contributed by atoms with Crippen LogP contribution in [0, 0.1) is 0 Å². The Kier molecular flexibility index (Phi) is 5.63. The van der Waals surface area contributed by atoms with Crippen molar-refractivity contribution in [2.45, 2.75) is 37.5 Å². The largest absolute Gasteiger partial charge is 0.485 e. The SMILES string of the molecule is CC1c2cc(Oc3ccnc(-c4ncc(C(F)(F)F)[nH]4)c3)ccc2OC1C1Nc2ccc(C(F)(F)F)cc2N1. The summed E-state index contributed by atoms with van der Waals surface area (Å²) >= 11 is 0. The van der Waals surface area contributed by atoms with E-state index in [4.69, 9.17) is 9.47 Å². The summed E-state index contributed by atoms with van der Waals surface area (Å²) in [5.41, 5.74) is 0.182. The molecular weight excluding hydrogens is 528 g/mol. The number of benzene rings is 2. The fraction of sp³-hybridized carbons (Fsp3) is 0.231. The van der Waals surface area contributed by atoms with Crippen molar-refractivity contribution >= 4 is 11.4 Å². The minimum absolute atomic E-state index is 0.0495. The number of rotatable bonds is 4. The Morgan fingerprint density at radius 1 is 0.846 bits per heavy atom. The van der Waals surface area contributed by atoms with Gasteiger partial charge in [-0.2, -0.15) is 26.3 Å². The third-order valence-electron chi connectivity index (χ3n) is 6.62. The van der Waals surface area contributed by atoms with Crippen LogP contribution in [0.4, 0.5) is 37.7 Å². The van der Waals surface area contributed by atoms with E-state index in [-0.39, 0.29) is 17.4 Å². The number of hydrogen-bond acceptors (Lipinski definition) is 6. The van der Waals surface area contributed by atoms with E-state index in [9.17, 15) is 26.3 Å². The molecule has 0 saturated carbocycles. The molecule has 0 spiro atoms. The van der Waals surface area contributed by atoms with Gasteiger partial charge in [-0.05, 0) is 42.5 Å². The number of alkyl halides is 6. The Bertz CT molecular complexity index is 1550. The van der Waals surface area contributed by atoms with Crippen LogP contribution in [-0.4, -0.2) is 27.2 Å². The third kappa shape index (κ3) is 4.68. The van der Waals surface area contributed by atoms with E-state index < -0.39 is 35.9 Å². The molecule has 4 aromatic rings. The fourth-order valence-corrected chi connectivity index (χ4v) is 4.67. The molecule has 3 N–H and O–H groups in total. The summed E-state index contributed by atoms with van der Waals surface area (Å²) in [7, 11) is 0. The molecule has 2 aromatic heterocycles. The summed E-state index contributed by atoms with van der Waals surface area (Å²) in [6.45, 7) is 1.94. The van der Waals surface area contributed by atoms with Crippen molar-refractivity contribution in [1.82, 2.24) is 15.0 Å². The first-order chi connectivity index (χ1) is 18.5. The summed E-state index contributed by atoms with van der Waals surface area (Å²) in [5, 5.41) is 6.27. The highest BCUT2D eigenvalue weighted by Crippen LogP contribution is 2.45. The van der Waals surface area contributed by atoms with E-state index in [1.54, 1.807) is 24.3 Å². The Labute approximate surface area is 217 Å². The number of hydrogen-bond donors (Lipinski definition) is 3. The van der Waals surface area contributed by atoms with Gasteiger partial charge in [-0.1, -0.05) is 6.92 Å². The van der Waals surface area contributed by atoms with Gasteiger partial charge in [0, 0.05) is 23.7 Å². The molecule has 4 heterocycles. The fourth-order valence-electron chi connectivity index (χ4n) is 4.67. The molecule has 3 unspecified atom stereocenters. The van der Waals surface area contributed by atoms with Crippen LogP contribution in [0.2, 0.25) is 0 Å². The lowest BCUT2D eigenvalue weighted by atomic mass is 9.96. The highest BCUT2D eigenvalue weighted by molar-refractivity contribution is 5.76. The maximum absolute atomic E-state index is 13.1. The zero-order valence-electron chi connectivity index (χ0n) is 20.0. The molecule has 2 aliphatic rings. The van der Waals surface area contributed by atoms with Crippen molar-refractivity contribution in [2.24, 2.45) is 0 Å². The zero-order valence-corrected chi connectivity index (χ0v) is 20.0. The lowest BCUT2D eigenvalue weighted by molar-refractivity contribution is -0.141. The van der Waals surface area contributed by atoms with Crippen molar-refractivity contribution in [2.75, 3.05) is 10.6 Å². The molecule has 2 aromatic carbocycles. The minimum atomic E-state index is -4.56. The molecule has 6 rings (SSSR count). The van der Waals surface area contributed by atoms with E-state index in [1.165, 1.54) is 18.3 Å². The molecule has 0 fully saturated rings. The van der Waals surface area contributed by atoms with Crippen LogP contribution in [0.25, 0.3) is 11.5 Å². The van der Waals surface area contributed by atoms with Gasteiger partial charge < -0.3 is 25.1 Å². The van der Waals surface area contributed by atoms with E-state index in [0.29, 0.717) is 34.8 Å². The Balaban J connectivity index is 1.17. The molecule has 0 amide bonds. The summed E-state index contributed by atoms with van der Waals surface area (Å²) < 4.78 is 90.1. The van der Waals surface area contributed by atoms with Crippen LogP contribution in [0.15, 0.2) is 60.9 Å². The molecule has 13 heteroatoms. The number of halogens is 6. The van der Waals surface area contributed by atoms with Crippen LogP contribution < -0.4 is 20.1 Å². The van der Waals surface area contributed by atoms with E-state index in [0.717, 1.165) is 17.7 Å². The second kappa shape index (κ2) is 8.82.